The van der Waals surface area contributed by atoms with E-state index in [1.807, 2.05) is 6.07 Å². The molecule has 1 unspecified atom stereocenters. The van der Waals surface area contributed by atoms with Crippen molar-refractivity contribution >= 4 is 23.7 Å². The van der Waals surface area contributed by atoms with Gasteiger partial charge in [-0.25, -0.2) is 9.18 Å². The third kappa shape index (κ3) is 8.80. The lowest BCUT2D eigenvalue weighted by molar-refractivity contribution is -0.131. The van der Waals surface area contributed by atoms with Gasteiger partial charge >= 0.3 is 6.09 Å². The van der Waals surface area contributed by atoms with Crippen LogP contribution in [0.2, 0.25) is 0 Å². The Morgan fingerprint density at radius 2 is 1.81 bits per heavy atom. The standard InChI is InChI=1S/C18H24FN3O5/c1-22(2)17(25)9-8-14(15(23)10-19)21-16(24)11-20-18(26)27-12-13-6-4-3-5-7-13/h3-7,14H,8-12H2,1-2H3,(H,20,26)(H,21,24). The Morgan fingerprint density at radius 1 is 1.15 bits per heavy atom. The van der Waals surface area contributed by atoms with Crippen LogP contribution in [-0.4, -0.2) is 61.9 Å². The van der Waals surface area contributed by atoms with Gasteiger partial charge in [-0.05, 0) is 12.0 Å². The monoisotopic (exact) mass is 381 g/mol. The van der Waals surface area contributed by atoms with Crippen LogP contribution < -0.4 is 10.6 Å². The summed E-state index contributed by atoms with van der Waals surface area (Å²) < 4.78 is 17.6. The summed E-state index contributed by atoms with van der Waals surface area (Å²) in [4.78, 5) is 48.0. The second kappa shape index (κ2) is 11.6. The van der Waals surface area contributed by atoms with Gasteiger partial charge in [0.1, 0.15) is 19.8 Å². The van der Waals surface area contributed by atoms with Gasteiger partial charge in [0.25, 0.3) is 0 Å². The predicted octanol–water partition coefficient (Wildman–Crippen LogP) is 0.805. The quantitative estimate of drug-likeness (QED) is 0.624. The molecule has 0 bridgehead atoms. The Morgan fingerprint density at radius 3 is 2.41 bits per heavy atom. The predicted molar refractivity (Wildman–Crippen MR) is 95.5 cm³/mol. The van der Waals surface area contributed by atoms with E-state index in [9.17, 15) is 23.6 Å². The molecule has 0 aliphatic rings. The molecule has 3 amide bonds. The van der Waals surface area contributed by atoms with Crippen LogP contribution in [0, 0.1) is 0 Å². The fraction of sp³-hybridized carbons (Fsp3) is 0.444. The molecule has 27 heavy (non-hydrogen) atoms. The number of carbonyl (C=O) groups excluding carboxylic acids is 4. The number of nitrogens with one attached hydrogen (secondary N) is 2. The second-order valence-electron chi connectivity index (χ2n) is 5.96. The lowest BCUT2D eigenvalue weighted by Crippen LogP contribution is -2.46. The average molecular weight is 381 g/mol. The number of carbonyl (C=O) groups is 4. The number of Topliss-reactive ketones (excluding diaryl/α,β-unsaturated/α-hetero) is 1. The van der Waals surface area contributed by atoms with Gasteiger partial charge in [0.2, 0.25) is 11.8 Å². The first-order valence-corrected chi connectivity index (χ1v) is 8.36. The zero-order valence-electron chi connectivity index (χ0n) is 15.4. The number of ether oxygens (including phenoxy) is 1. The van der Waals surface area contributed by atoms with Crippen LogP contribution in [0.15, 0.2) is 30.3 Å². The van der Waals surface area contributed by atoms with Crippen LogP contribution in [0.5, 0.6) is 0 Å². The highest BCUT2D eigenvalue weighted by atomic mass is 19.1. The number of rotatable bonds is 10. The molecular weight excluding hydrogens is 357 g/mol. The summed E-state index contributed by atoms with van der Waals surface area (Å²) in [5.41, 5.74) is 0.788. The fourth-order valence-corrected chi connectivity index (χ4v) is 2.07. The Labute approximate surface area is 157 Å². The second-order valence-corrected chi connectivity index (χ2v) is 5.96. The van der Waals surface area contributed by atoms with Crippen LogP contribution in [0.25, 0.3) is 0 Å². The smallest absolute Gasteiger partial charge is 0.407 e. The van der Waals surface area contributed by atoms with E-state index in [1.54, 1.807) is 38.4 Å². The van der Waals surface area contributed by atoms with Gasteiger partial charge < -0.3 is 20.3 Å². The average Bonchev–Trinajstić information content (AvgIpc) is 2.67. The Hall–Kier alpha value is -2.97. The largest absolute Gasteiger partial charge is 0.445 e. The van der Waals surface area contributed by atoms with Crippen molar-refractivity contribution in [3.63, 3.8) is 0 Å². The number of alkyl halides is 1. The Bertz CT molecular complexity index is 652. The molecule has 148 valence electrons. The molecule has 0 fully saturated rings. The molecule has 0 saturated heterocycles. The van der Waals surface area contributed by atoms with Gasteiger partial charge in [-0.3, -0.25) is 14.4 Å². The maximum absolute atomic E-state index is 12.7. The number of halogens is 1. The van der Waals surface area contributed by atoms with Crippen molar-refractivity contribution in [1.82, 2.24) is 15.5 Å². The first-order chi connectivity index (χ1) is 12.8. The molecule has 1 atom stereocenters. The third-order valence-electron chi connectivity index (χ3n) is 3.61. The zero-order chi connectivity index (χ0) is 20.2. The lowest BCUT2D eigenvalue weighted by atomic mass is 10.1. The molecule has 8 nitrogen and oxygen atoms in total. The van der Waals surface area contributed by atoms with Gasteiger partial charge in [-0.1, -0.05) is 30.3 Å². The highest BCUT2D eigenvalue weighted by Gasteiger charge is 2.22. The van der Waals surface area contributed by atoms with Crippen molar-refractivity contribution in [2.24, 2.45) is 0 Å². The van der Waals surface area contributed by atoms with E-state index < -0.39 is 37.0 Å². The topological polar surface area (TPSA) is 105 Å². The number of hydrogen-bond donors (Lipinski definition) is 2. The number of hydrogen-bond acceptors (Lipinski definition) is 5. The molecule has 0 aliphatic heterocycles. The lowest BCUT2D eigenvalue weighted by Gasteiger charge is -2.17. The Kier molecular flexibility index (Phi) is 9.49. The minimum absolute atomic E-state index is 0.0176. The molecule has 1 rings (SSSR count). The minimum atomic E-state index is -1.26. The molecule has 0 aliphatic carbocycles. The first-order valence-electron chi connectivity index (χ1n) is 8.36. The third-order valence-corrected chi connectivity index (χ3v) is 3.61. The molecule has 1 aromatic carbocycles. The first kappa shape index (κ1) is 22.1. The molecular formula is C18H24FN3O5. The van der Waals surface area contributed by atoms with Gasteiger partial charge in [0, 0.05) is 20.5 Å². The maximum Gasteiger partial charge on any atom is 0.407 e. The molecule has 2 N–H and O–H groups in total. The molecule has 0 aromatic heterocycles. The molecule has 0 heterocycles. The summed E-state index contributed by atoms with van der Waals surface area (Å²) >= 11 is 0. The highest BCUT2D eigenvalue weighted by Crippen LogP contribution is 2.03. The normalized spacial score (nSPS) is 11.2. The van der Waals surface area contributed by atoms with Crippen LogP contribution in [0.4, 0.5) is 9.18 Å². The zero-order valence-corrected chi connectivity index (χ0v) is 15.4. The van der Waals surface area contributed by atoms with Gasteiger partial charge in [-0.2, -0.15) is 0 Å². The summed E-state index contributed by atoms with van der Waals surface area (Å²) in [6.07, 6.45) is -0.842. The van der Waals surface area contributed by atoms with Crippen molar-refractivity contribution in [3.05, 3.63) is 35.9 Å². The summed E-state index contributed by atoms with van der Waals surface area (Å²) in [5.74, 6) is -1.76. The summed E-state index contributed by atoms with van der Waals surface area (Å²) in [5, 5.41) is 4.57. The maximum atomic E-state index is 12.7. The number of alkyl carbamates (subject to hydrolysis) is 1. The van der Waals surface area contributed by atoms with E-state index in [-0.39, 0.29) is 25.4 Å². The van der Waals surface area contributed by atoms with E-state index >= 15 is 0 Å². The van der Waals surface area contributed by atoms with Crippen molar-refractivity contribution in [2.45, 2.75) is 25.5 Å². The van der Waals surface area contributed by atoms with Crippen LogP contribution in [0.1, 0.15) is 18.4 Å². The van der Waals surface area contributed by atoms with Crippen LogP contribution >= 0.6 is 0 Å². The Balaban J connectivity index is 2.40. The summed E-state index contributed by atoms with van der Waals surface area (Å²) in [7, 11) is 3.11. The molecule has 0 saturated carbocycles. The number of benzene rings is 1. The van der Waals surface area contributed by atoms with E-state index in [4.69, 9.17) is 4.74 Å². The molecule has 0 spiro atoms. The highest BCUT2D eigenvalue weighted by molar-refractivity contribution is 5.91. The summed E-state index contributed by atoms with van der Waals surface area (Å²) in [6, 6.07) is 7.85. The van der Waals surface area contributed by atoms with Crippen LogP contribution in [0.3, 0.4) is 0 Å². The van der Waals surface area contributed by atoms with Crippen molar-refractivity contribution in [3.8, 4) is 0 Å². The van der Waals surface area contributed by atoms with Gasteiger partial charge in [-0.15, -0.1) is 0 Å². The molecule has 1 aromatic rings. The number of ketones is 1. The van der Waals surface area contributed by atoms with E-state index in [0.29, 0.717) is 0 Å². The SMILES string of the molecule is CN(C)C(=O)CCC(NC(=O)CNC(=O)OCc1ccccc1)C(=O)CF. The van der Waals surface area contributed by atoms with Gasteiger partial charge in [0.05, 0.1) is 6.04 Å². The number of amides is 3. The van der Waals surface area contributed by atoms with E-state index in [0.717, 1.165) is 5.56 Å². The van der Waals surface area contributed by atoms with Crippen molar-refractivity contribution < 1.29 is 28.3 Å². The molecule has 0 radical (unpaired) electrons. The summed E-state index contributed by atoms with van der Waals surface area (Å²) in [6.45, 7) is -1.65. The van der Waals surface area contributed by atoms with Crippen molar-refractivity contribution in [2.75, 3.05) is 27.3 Å². The number of nitrogens with zero attached hydrogens (tertiary/aromatic N) is 1. The van der Waals surface area contributed by atoms with E-state index in [1.165, 1.54) is 4.90 Å². The molecule has 9 heteroatoms. The minimum Gasteiger partial charge on any atom is -0.445 e. The van der Waals surface area contributed by atoms with Crippen LogP contribution in [-0.2, 0) is 25.7 Å². The fourth-order valence-electron chi connectivity index (χ4n) is 2.07. The van der Waals surface area contributed by atoms with Gasteiger partial charge in [0.15, 0.2) is 5.78 Å². The van der Waals surface area contributed by atoms with Crippen molar-refractivity contribution in [1.29, 1.82) is 0 Å². The van der Waals surface area contributed by atoms with E-state index in [2.05, 4.69) is 10.6 Å².